The monoisotopic (exact) mass is 250 g/mol. The van der Waals surface area contributed by atoms with Crippen molar-refractivity contribution >= 4 is 12.1 Å². The van der Waals surface area contributed by atoms with Gasteiger partial charge in [0.15, 0.2) is 0 Å². The van der Waals surface area contributed by atoms with Gasteiger partial charge in [-0.1, -0.05) is 19.9 Å². The molecule has 1 aliphatic heterocycles. The Kier molecular flexibility index (Phi) is 3.84. The molecular formula is C14H19FN2O. The van der Waals surface area contributed by atoms with E-state index in [0.717, 1.165) is 12.0 Å². The fourth-order valence-electron chi connectivity index (χ4n) is 2.21. The third kappa shape index (κ3) is 2.63. The van der Waals surface area contributed by atoms with E-state index in [4.69, 9.17) is 0 Å². The van der Waals surface area contributed by atoms with Crippen molar-refractivity contribution in [1.29, 1.82) is 0 Å². The van der Waals surface area contributed by atoms with Gasteiger partial charge in [0.2, 0.25) is 6.41 Å². The first-order valence-electron chi connectivity index (χ1n) is 6.35. The highest BCUT2D eigenvalue weighted by Gasteiger charge is 2.18. The third-order valence-electron chi connectivity index (χ3n) is 3.44. The standard InChI is InChI=1S/C14H19FN2O/c1-11(2)12-3-4-14(13(15)9-12)17-7-5-16(10-18)6-8-17/h3-4,9-11H,5-8H2,1-2H3. The van der Waals surface area contributed by atoms with Crippen LogP contribution in [0.1, 0.15) is 25.3 Å². The summed E-state index contributed by atoms with van der Waals surface area (Å²) in [5, 5.41) is 0. The number of amides is 1. The Morgan fingerprint density at radius 3 is 2.39 bits per heavy atom. The van der Waals surface area contributed by atoms with Gasteiger partial charge in [0.1, 0.15) is 5.82 Å². The van der Waals surface area contributed by atoms with Crippen molar-refractivity contribution in [1.82, 2.24) is 4.90 Å². The van der Waals surface area contributed by atoms with E-state index in [-0.39, 0.29) is 5.82 Å². The van der Waals surface area contributed by atoms with Gasteiger partial charge in [-0.25, -0.2) is 4.39 Å². The molecule has 1 saturated heterocycles. The van der Waals surface area contributed by atoms with Gasteiger partial charge < -0.3 is 9.80 Å². The summed E-state index contributed by atoms with van der Waals surface area (Å²) < 4.78 is 14.0. The topological polar surface area (TPSA) is 23.6 Å². The lowest BCUT2D eigenvalue weighted by atomic mass is 10.0. The molecule has 98 valence electrons. The molecule has 2 rings (SSSR count). The molecule has 0 saturated carbocycles. The number of anilines is 1. The minimum Gasteiger partial charge on any atom is -0.366 e. The number of hydrogen-bond acceptors (Lipinski definition) is 2. The molecule has 3 nitrogen and oxygen atoms in total. The molecule has 0 N–H and O–H groups in total. The van der Waals surface area contributed by atoms with Crippen molar-refractivity contribution < 1.29 is 9.18 Å². The average Bonchev–Trinajstić information content (AvgIpc) is 2.38. The van der Waals surface area contributed by atoms with Gasteiger partial charge in [0.05, 0.1) is 5.69 Å². The molecule has 1 fully saturated rings. The van der Waals surface area contributed by atoms with Gasteiger partial charge in [0.25, 0.3) is 0 Å². The van der Waals surface area contributed by atoms with Crippen LogP contribution in [-0.4, -0.2) is 37.5 Å². The maximum atomic E-state index is 14.0. The molecule has 0 spiro atoms. The first kappa shape index (κ1) is 12.9. The summed E-state index contributed by atoms with van der Waals surface area (Å²) in [5.74, 6) is 0.168. The van der Waals surface area contributed by atoms with E-state index in [0.29, 0.717) is 37.8 Å². The van der Waals surface area contributed by atoms with Crippen LogP contribution in [0, 0.1) is 5.82 Å². The zero-order chi connectivity index (χ0) is 13.1. The SMILES string of the molecule is CC(C)c1ccc(N2CCN(C=O)CC2)c(F)c1. The molecule has 0 radical (unpaired) electrons. The van der Waals surface area contributed by atoms with E-state index in [1.165, 1.54) is 0 Å². The summed E-state index contributed by atoms with van der Waals surface area (Å²) in [7, 11) is 0. The number of piperazine rings is 1. The van der Waals surface area contributed by atoms with Crippen molar-refractivity contribution in [3.8, 4) is 0 Å². The van der Waals surface area contributed by atoms with Gasteiger partial charge in [-0.2, -0.15) is 0 Å². The van der Waals surface area contributed by atoms with Crippen LogP contribution in [-0.2, 0) is 4.79 Å². The van der Waals surface area contributed by atoms with Gasteiger partial charge in [-0.3, -0.25) is 4.79 Å². The fraction of sp³-hybridized carbons (Fsp3) is 0.500. The Balaban J connectivity index is 2.12. The highest BCUT2D eigenvalue weighted by atomic mass is 19.1. The lowest BCUT2D eigenvalue weighted by molar-refractivity contribution is -0.118. The molecule has 1 aromatic rings. The second kappa shape index (κ2) is 5.38. The number of carbonyl (C=O) groups excluding carboxylic acids is 1. The molecule has 0 atom stereocenters. The summed E-state index contributed by atoms with van der Waals surface area (Å²) in [5.41, 5.74) is 1.66. The molecule has 0 aromatic heterocycles. The zero-order valence-electron chi connectivity index (χ0n) is 10.9. The van der Waals surface area contributed by atoms with Crippen LogP contribution in [0.3, 0.4) is 0 Å². The largest absolute Gasteiger partial charge is 0.366 e. The van der Waals surface area contributed by atoms with Crippen molar-refractivity contribution in [2.45, 2.75) is 19.8 Å². The van der Waals surface area contributed by atoms with Crippen LogP contribution >= 0.6 is 0 Å². The summed E-state index contributed by atoms with van der Waals surface area (Å²) in [4.78, 5) is 14.3. The number of benzene rings is 1. The van der Waals surface area contributed by atoms with Gasteiger partial charge >= 0.3 is 0 Å². The lowest BCUT2D eigenvalue weighted by Gasteiger charge is -2.34. The molecule has 0 aliphatic carbocycles. The van der Waals surface area contributed by atoms with Crippen molar-refractivity contribution in [2.75, 3.05) is 31.1 Å². The van der Waals surface area contributed by atoms with Crippen LogP contribution in [0.5, 0.6) is 0 Å². The Bertz CT molecular complexity index is 426. The minimum absolute atomic E-state index is 0.166. The number of nitrogens with zero attached hydrogens (tertiary/aromatic N) is 2. The van der Waals surface area contributed by atoms with E-state index in [2.05, 4.69) is 13.8 Å². The number of hydrogen-bond donors (Lipinski definition) is 0. The summed E-state index contributed by atoms with van der Waals surface area (Å²) in [6, 6.07) is 5.45. The number of halogens is 1. The molecule has 0 bridgehead atoms. The normalized spacial score (nSPS) is 16.2. The van der Waals surface area contributed by atoms with Gasteiger partial charge in [-0.15, -0.1) is 0 Å². The molecule has 1 aromatic carbocycles. The number of rotatable bonds is 3. The third-order valence-corrected chi connectivity index (χ3v) is 3.44. The summed E-state index contributed by atoms with van der Waals surface area (Å²) >= 11 is 0. The second-order valence-electron chi connectivity index (χ2n) is 4.99. The Morgan fingerprint density at radius 2 is 1.89 bits per heavy atom. The van der Waals surface area contributed by atoms with Crippen molar-refractivity contribution in [3.05, 3.63) is 29.6 Å². The first-order chi connectivity index (χ1) is 8.61. The molecule has 1 aliphatic rings. The zero-order valence-corrected chi connectivity index (χ0v) is 10.9. The molecule has 4 heteroatoms. The van der Waals surface area contributed by atoms with E-state index in [9.17, 15) is 9.18 Å². The van der Waals surface area contributed by atoms with E-state index in [1.54, 1.807) is 11.0 Å². The fourth-order valence-corrected chi connectivity index (χ4v) is 2.21. The second-order valence-corrected chi connectivity index (χ2v) is 4.99. The quantitative estimate of drug-likeness (QED) is 0.768. The Morgan fingerprint density at radius 1 is 1.22 bits per heavy atom. The van der Waals surface area contributed by atoms with Gasteiger partial charge in [-0.05, 0) is 23.6 Å². The van der Waals surface area contributed by atoms with Crippen LogP contribution in [0.25, 0.3) is 0 Å². The van der Waals surface area contributed by atoms with Crippen LogP contribution in [0.2, 0.25) is 0 Å². The van der Waals surface area contributed by atoms with E-state index < -0.39 is 0 Å². The highest BCUT2D eigenvalue weighted by Crippen LogP contribution is 2.24. The highest BCUT2D eigenvalue weighted by molar-refractivity contribution is 5.52. The van der Waals surface area contributed by atoms with Gasteiger partial charge in [0, 0.05) is 26.2 Å². The predicted octanol–water partition coefficient (Wildman–Crippen LogP) is 2.23. The lowest BCUT2D eigenvalue weighted by Crippen LogP contribution is -2.46. The maximum absolute atomic E-state index is 14.0. The number of carbonyl (C=O) groups is 1. The Labute approximate surface area is 107 Å². The molecule has 18 heavy (non-hydrogen) atoms. The molecule has 0 unspecified atom stereocenters. The van der Waals surface area contributed by atoms with E-state index >= 15 is 0 Å². The smallest absolute Gasteiger partial charge is 0.209 e. The van der Waals surface area contributed by atoms with Crippen LogP contribution < -0.4 is 4.90 Å². The summed E-state index contributed by atoms with van der Waals surface area (Å²) in [6.07, 6.45) is 0.857. The van der Waals surface area contributed by atoms with Crippen LogP contribution in [0.4, 0.5) is 10.1 Å². The molecular weight excluding hydrogens is 231 g/mol. The molecule has 1 amide bonds. The van der Waals surface area contributed by atoms with E-state index in [1.807, 2.05) is 17.0 Å². The maximum Gasteiger partial charge on any atom is 0.209 e. The summed E-state index contributed by atoms with van der Waals surface area (Å²) in [6.45, 7) is 6.81. The first-order valence-corrected chi connectivity index (χ1v) is 6.35. The minimum atomic E-state index is -0.166. The molecule has 1 heterocycles. The average molecular weight is 250 g/mol. The predicted molar refractivity (Wildman–Crippen MR) is 70.3 cm³/mol. The van der Waals surface area contributed by atoms with Crippen molar-refractivity contribution in [2.24, 2.45) is 0 Å². The van der Waals surface area contributed by atoms with Crippen LogP contribution in [0.15, 0.2) is 18.2 Å². The Hall–Kier alpha value is -1.58. The van der Waals surface area contributed by atoms with Crippen molar-refractivity contribution in [3.63, 3.8) is 0 Å².